The molecular weight excluding hydrogens is 450 g/mol. The van der Waals surface area contributed by atoms with Crippen molar-refractivity contribution in [1.29, 1.82) is 0 Å². The van der Waals surface area contributed by atoms with Crippen molar-refractivity contribution >= 4 is 38.9 Å². The summed E-state index contributed by atoms with van der Waals surface area (Å²) in [5, 5.41) is 5.39. The summed E-state index contributed by atoms with van der Waals surface area (Å²) >= 11 is 7.13. The number of ether oxygens (including phenoxy) is 2. The van der Waals surface area contributed by atoms with Crippen LogP contribution in [0.3, 0.4) is 0 Å². The molecule has 0 saturated carbocycles. The maximum Gasteiger partial charge on any atom is 0.270 e. The van der Waals surface area contributed by atoms with Crippen LogP contribution >= 0.6 is 22.9 Å². The number of sulfonamides is 1. The lowest BCUT2D eigenvalue weighted by Crippen LogP contribution is -2.32. The van der Waals surface area contributed by atoms with Crippen molar-refractivity contribution < 1.29 is 22.7 Å². The predicted octanol–water partition coefficient (Wildman–Crippen LogP) is 2.79. The molecule has 2 rings (SSSR count). The Labute approximate surface area is 186 Å². The number of nitrogens with zero attached hydrogens (tertiary/aromatic N) is 2. The summed E-state index contributed by atoms with van der Waals surface area (Å²) in [4.78, 5) is 16.7. The minimum absolute atomic E-state index is 0.0658. The van der Waals surface area contributed by atoms with Crippen LogP contribution in [0.5, 0.6) is 0 Å². The normalized spacial score (nSPS) is 11.7. The molecule has 166 valence electrons. The monoisotopic (exact) mass is 475 g/mol. The Morgan fingerprint density at radius 3 is 2.50 bits per heavy atom. The number of nitrogens with one attached hydrogen (secondary N) is 1. The summed E-state index contributed by atoms with van der Waals surface area (Å²) in [7, 11) is -0.589. The molecule has 8 nitrogen and oxygen atoms in total. The first-order valence-electron chi connectivity index (χ1n) is 9.34. The maximum absolute atomic E-state index is 13.1. The fourth-order valence-corrected chi connectivity index (χ4v) is 5.01. The van der Waals surface area contributed by atoms with Gasteiger partial charge in [0, 0.05) is 50.9 Å². The fourth-order valence-electron chi connectivity index (χ4n) is 2.57. The Balaban J connectivity index is 2.12. The third-order valence-electron chi connectivity index (χ3n) is 4.11. The number of thiazole rings is 1. The van der Waals surface area contributed by atoms with Gasteiger partial charge in [-0.15, -0.1) is 11.3 Å². The fraction of sp³-hybridized carbons (Fsp3) is 0.474. The van der Waals surface area contributed by atoms with Crippen LogP contribution in [0.1, 0.15) is 28.3 Å². The van der Waals surface area contributed by atoms with Crippen LogP contribution in [0.25, 0.3) is 0 Å². The van der Waals surface area contributed by atoms with Crippen molar-refractivity contribution in [2.45, 2.75) is 24.3 Å². The molecule has 0 unspecified atom stereocenters. The van der Waals surface area contributed by atoms with Crippen molar-refractivity contribution in [2.75, 3.05) is 40.5 Å². The molecule has 0 atom stereocenters. The van der Waals surface area contributed by atoms with Crippen molar-refractivity contribution in [3.05, 3.63) is 45.4 Å². The summed E-state index contributed by atoms with van der Waals surface area (Å²) in [5.41, 5.74) is 0.271. The molecule has 0 spiro atoms. The average molecular weight is 476 g/mol. The zero-order valence-electron chi connectivity index (χ0n) is 17.0. The second kappa shape index (κ2) is 12.3. The molecule has 0 aliphatic carbocycles. The third kappa shape index (κ3) is 7.29. The van der Waals surface area contributed by atoms with Crippen LogP contribution in [0.4, 0.5) is 0 Å². The number of methoxy groups -OCH3 is 2. The molecule has 1 amide bonds. The van der Waals surface area contributed by atoms with Gasteiger partial charge in [-0.25, -0.2) is 13.4 Å². The lowest BCUT2D eigenvalue weighted by molar-refractivity contribution is 0.0944. The van der Waals surface area contributed by atoms with E-state index < -0.39 is 10.0 Å². The average Bonchev–Trinajstić information content (AvgIpc) is 3.19. The zero-order valence-corrected chi connectivity index (χ0v) is 19.4. The smallest absolute Gasteiger partial charge is 0.270 e. The molecule has 0 bridgehead atoms. The Bertz CT molecular complexity index is 903. The Hall–Kier alpha value is -1.56. The molecule has 0 saturated heterocycles. The second-order valence-corrected chi connectivity index (χ2v) is 9.68. The number of aromatic nitrogens is 1. The molecule has 0 radical (unpaired) electrons. The van der Waals surface area contributed by atoms with Crippen LogP contribution in [0, 0.1) is 0 Å². The van der Waals surface area contributed by atoms with Gasteiger partial charge in [0.05, 0.1) is 11.4 Å². The zero-order chi connectivity index (χ0) is 22.0. The van der Waals surface area contributed by atoms with E-state index in [2.05, 4.69) is 10.3 Å². The van der Waals surface area contributed by atoms with E-state index in [0.717, 1.165) is 0 Å². The SMILES string of the molecule is COCCCNC(=O)c1csc(CN(CCCOC)S(=O)(=O)c2ccc(Cl)cc2)n1. The summed E-state index contributed by atoms with van der Waals surface area (Å²) < 4.78 is 37.6. The maximum atomic E-state index is 13.1. The minimum atomic E-state index is -3.76. The van der Waals surface area contributed by atoms with E-state index in [0.29, 0.717) is 42.6 Å². The van der Waals surface area contributed by atoms with Gasteiger partial charge < -0.3 is 14.8 Å². The molecule has 1 aromatic carbocycles. The highest BCUT2D eigenvalue weighted by atomic mass is 35.5. The molecule has 0 aliphatic heterocycles. The standard InChI is InChI=1S/C19H26ClN3O5S2/c1-27-11-3-9-21-19(24)17-14-29-18(22-17)13-23(10-4-12-28-2)30(25,26)16-7-5-15(20)6-8-16/h5-8,14H,3-4,9-13H2,1-2H3,(H,21,24). The Kier molecular flexibility index (Phi) is 10.2. The number of hydrogen-bond acceptors (Lipinski definition) is 7. The largest absolute Gasteiger partial charge is 0.385 e. The lowest BCUT2D eigenvalue weighted by Gasteiger charge is -2.21. The number of carbonyl (C=O) groups excluding carboxylic acids is 1. The van der Waals surface area contributed by atoms with E-state index in [4.69, 9.17) is 21.1 Å². The van der Waals surface area contributed by atoms with E-state index >= 15 is 0 Å². The molecule has 30 heavy (non-hydrogen) atoms. The summed E-state index contributed by atoms with van der Waals surface area (Å²) in [5.74, 6) is -0.292. The van der Waals surface area contributed by atoms with Gasteiger partial charge in [0.25, 0.3) is 5.91 Å². The van der Waals surface area contributed by atoms with Crippen LogP contribution in [-0.2, 0) is 26.0 Å². The minimum Gasteiger partial charge on any atom is -0.385 e. The number of amides is 1. The van der Waals surface area contributed by atoms with E-state index in [1.165, 1.54) is 39.9 Å². The third-order valence-corrected chi connectivity index (χ3v) is 7.06. The summed E-state index contributed by atoms with van der Waals surface area (Å²) in [6.45, 7) is 1.79. The van der Waals surface area contributed by atoms with Gasteiger partial charge in [-0.3, -0.25) is 4.79 Å². The van der Waals surface area contributed by atoms with Gasteiger partial charge in [-0.05, 0) is 37.1 Å². The highest BCUT2D eigenvalue weighted by Gasteiger charge is 2.26. The first kappa shape index (κ1) is 24.7. The van der Waals surface area contributed by atoms with E-state index in [-0.39, 0.29) is 29.6 Å². The first-order chi connectivity index (χ1) is 14.4. The van der Waals surface area contributed by atoms with E-state index in [1.807, 2.05) is 0 Å². The Morgan fingerprint density at radius 2 is 1.83 bits per heavy atom. The number of hydrogen-bond donors (Lipinski definition) is 1. The second-order valence-electron chi connectivity index (χ2n) is 6.37. The predicted molar refractivity (Wildman–Crippen MR) is 116 cm³/mol. The molecule has 2 aromatic rings. The van der Waals surface area contributed by atoms with Gasteiger partial charge in [0.1, 0.15) is 10.7 Å². The van der Waals surface area contributed by atoms with Crippen LogP contribution in [-0.4, -0.2) is 64.1 Å². The molecule has 1 heterocycles. The molecule has 1 aromatic heterocycles. The molecule has 1 N–H and O–H groups in total. The van der Waals surface area contributed by atoms with Gasteiger partial charge in [-0.1, -0.05) is 11.6 Å². The molecule has 0 fully saturated rings. The Morgan fingerprint density at radius 1 is 1.17 bits per heavy atom. The number of carbonyl (C=O) groups is 1. The van der Waals surface area contributed by atoms with Gasteiger partial charge in [0.15, 0.2) is 0 Å². The quantitative estimate of drug-likeness (QED) is 0.447. The highest BCUT2D eigenvalue weighted by Crippen LogP contribution is 2.22. The number of rotatable bonds is 13. The van der Waals surface area contributed by atoms with Crippen molar-refractivity contribution in [3.8, 4) is 0 Å². The first-order valence-corrected chi connectivity index (χ1v) is 12.0. The van der Waals surface area contributed by atoms with Gasteiger partial charge in [-0.2, -0.15) is 4.31 Å². The summed E-state index contributed by atoms with van der Waals surface area (Å²) in [6, 6.07) is 6.03. The van der Waals surface area contributed by atoms with E-state index in [1.54, 1.807) is 19.6 Å². The van der Waals surface area contributed by atoms with Crippen molar-refractivity contribution in [3.63, 3.8) is 0 Å². The van der Waals surface area contributed by atoms with Gasteiger partial charge in [0.2, 0.25) is 10.0 Å². The molecule has 0 aliphatic rings. The van der Waals surface area contributed by atoms with Crippen LogP contribution in [0.15, 0.2) is 34.5 Å². The topological polar surface area (TPSA) is 97.8 Å². The molecule has 11 heteroatoms. The lowest BCUT2D eigenvalue weighted by atomic mass is 10.4. The molecular formula is C19H26ClN3O5S2. The number of benzene rings is 1. The van der Waals surface area contributed by atoms with E-state index in [9.17, 15) is 13.2 Å². The van der Waals surface area contributed by atoms with Gasteiger partial charge >= 0.3 is 0 Å². The highest BCUT2D eigenvalue weighted by molar-refractivity contribution is 7.89. The van der Waals surface area contributed by atoms with Crippen LogP contribution < -0.4 is 5.32 Å². The van der Waals surface area contributed by atoms with Crippen molar-refractivity contribution in [2.24, 2.45) is 0 Å². The number of halogens is 1. The van der Waals surface area contributed by atoms with Crippen LogP contribution in [0.2, 0.25) is 5.02 Å². The summed E-state index contributed by atoms with van der Waals surface area (Å²) in [6.07, 6.45) is 1.23. The van der Waals surface area contributed by atoms with Crippen molar-refractivity contribution in [1.82, 2.24) is 14.6 Å².